The lowest BCUT2D eigenvalue weighted by Gasteiger charge is -2.46. The molecule has 2 nitrogen and oxygen atoms in total. The van der Waals surface area contributed by atoms with Crippen LogP contribution in [0.1, 0.15) is 5.56 Å². The second kappa shape index (κ2) is 5.83. The highest BCUT2D eigenvalue weighted by molar-refractivity contribution is 7.99. The summed E-state index contributed by atoms with van der Waals surface area (Å²) in [5.74, 6) is 2.61. The molecule has 0 atom stereocenters. The largest absolute Gasteiger partial charge is 0.296 e. The van der Waals surface area contributed by atoms with Crippen molar-refractivity contribution < 1.29 is 0 Å². The van der Waals surface area contributed by atoms with Gasteiger partial charge in [0.15, 0.2) is 0 Å². The van der Waals surface area contributed by atoms with Gasteiger partial charge in [-0.1, -0.05) is 29.8 Å². The van der Waals surface area contributed by atoms with Gasteiger partial charge in [0.25, 0.3) is 0 Å². The number of likely N-dealkylation sites (tertiary alicyclic amines) is 1. The fourth-order valence-corrected chi connectivity index (χ4v) is 3.84. The van der Waals surface area contributed by atoms with Crippen molar-refractivity contribution in [2.75, 3.05) is 37.7 Å². The van der Waals surface area contributed by atoms with Crippen molar-refractivity contribution in [1.82, 2.24) is 9.80 Å². The van der Waals surface area contributed by atoms with E-state index in [1.165, 1.54) is 43.2 Å². The smallest absolute Gasteiger partial charge is 0.0451 e. The molecule has 2 aliphatic heterocycles. The molecule has 98 valence electrons. The number of halogens is 1. The molecular formula is C14H19ClN2S. The maximum absolute atomic E-state index is 6.19. The number of thioether (sulfide) groups is 1. The first-order valence-corrected chi connectivity index (χ1v) is 8.14. The van der Waals surface area contributed by atoms with Gasteiger partial charge in [-0.3, -0.25) is 9.80 Å². The van der Waals surface area contributed by atoms with Gasteiger partial charge in [0.1, 0.15) is 0 Å². The summed E-state index contributed by atoms with van der Waals surface area (Å²) in [6.07, 6.45) is 0. The van der Waals surface area contributed by atoms with E-state index in [4.69, 9.17) is 11.6 Å². The Labute approximate surface area is 118 Å². The molecule has 2 fully saturated rings. The molecule has 2 heterocycles. The van der Waals surface area contributed by atoms with Crippen LogP contribution in [0.3, 0.4) is 0 Å². The van der Waals surface area contributed by atoms with Crippen LogP contribution in [0.2, 0.25) is 5.02 Å². The third kappa shape index (κ3) is 2.85. The fourth-order valence-electron chi connectivity index (χ4n) is 2.71. The van der Waals surface area contributed by atoms with Gasteiger partial charge in [-0.15, -0.1) is 0 Å². The van der Waals surface area contributed by atoms with Crippen LogP contribution in [-0.2, 0) is 6.54 Å². The number of nitrogens with zero attached hydrogens (tertiary/aromatic N) is 2. The van der Waals surface area contributed by atoms with Gasteiger partial charge in [-0.05, 0) is 11.6 Å². The first-order valence-electron chi connectivity index (χ1n) is 6.60. The van der Waals surface area contributed by atoms with E-state index in [1.807, 2.05) is 12.1 Å². The molecular weight excluding hydrogens is 264 g/mol. The highest BCUT2D eigenvalue weighted by atomic mass is 35.5. The molecule has 0 N–H and O–H groups in total. The van der Waals surface area contributed by atoms with Crippen LogP contribution in [0.5, 0.6) is 0 Å². The number of rotatable bonds is 3. The van der Waals surface area contributed by atoms with Gasteiger partial charge in [0.05, 0.1) is 0 Å². The van der Waals surface area contributed by atoms with Crippen molar-refractivity contribution >= 4 is 23.4 Å². The average Bonchev–Trinajstić information content (AvgIpc) is 2.36. The summed E-state index contributed by atoms with van der Waals surface area (Å²) in [6.45, 7) is 5.95. The molecule has 0 amide bonds. The zero-order valence-electron chi connectivity index (χ0n) is 10.5. The van der Waals surface area contributed by atoms with Gasteiger partial charge < -0.3 is 0 Å². The first-order chi connectivity index (χ1) is 8.83. The van der Waals surface area contributed by atoms with Gasteiger partial charge in [-0.2, -0.15) is 11.8 Å². The molecule has 2 saturated heterocycles. The normalized spacial score (nSPS) is 22.9. The second-order valence-electron chi connectivity index (χ2n) is 5.09. The molecule has 0 bridgehead atoms. The average molecular weight is 283 g/mol. The van der Waals surface area contributed by atoms with E-state index in [2.05, 4.69) is 33.7 Å². The minimum absolute atomic E-state index is 0.786. The van der Waals surface area contributed by atoms with Crippen LogP contribution in [0.4, 0.5) is 0 Å². The third-order valence-electron chi connectivity index (χ3n) is 3.85. The van der Waals surface area contributed by atoms with Crippen LogP contribution in [0.15, 0.2) is 24.3 Å². The topological polar surface area (TPSA) is 6.48 Å². The van der Waals surface area contributed by atoms with E-state index in [0.717, 1.165) is 17.6 Å². The zero-order valence-corrected chi connectivity index (χ0v) is 12.1. The standard InChI is InChI=1S/C14H19ClN2S/c15-14-4-2-1-3-12(14)9-16-10-13(11-16)17-5-7-18-8-6-17/h1-4,13H,5-11H2. The Bertz CT molecular complexity index is 401. The summed E-state index contributed by atoms with van der Waals surface area (Å²) < 4.78 is 0. The lowest BCUT2D eigenvalue weighted by atomic mass is 10.1. The zero-order chi connectivity index (χ0) is 12.4. The van der Waals surface area contributed by atoms with Gasteiger partial charge in [0.2, 0.25) is 0 Å². The van der Waals surface area contributed by atoms with Gasteiger partial charge >= 0.3 is 0 Å². The Morgan fingerprint density at radius 2 is 1.89 bits per heavy atom. The SMILES string of the molecule is Clc1ccccc1CN1CC(N2CCSCC2)C1. The summed E-state index contributed by atoms with van der Waals surface area (Å²) in [5.41, 5.74) is 1.26. The molecule has 18 heavy (non-hydrogen) atoms. The van der Waals surface area contributed by atoms with Crippen LogP contribution in [-0.4, -0.2) is 53.5 Å². The van der Waals surface area contributed by atoms with Crippen molar-refractivity contribution in [3.8, 4) is 0 Å². The number of benzene rings is 1. The second-order valence-corrected chi connectivity index (χ2v) is 6.72. The fraction of sp³-hybridized carbons (Fsp3) is 0.571. The van der Waals surface area contributed by atoms with E-state index < -0.39 is 0 Å². The van der Waals surface area contributed by atoms with Crippen LogP contribution in [0.25, 0.3) is 0 Å². The van der Waals surface area contributed by atoms with E-state index in [9.17, 15) is 0 Å². The summed E-state index contributed by atoms with van der Waals surface area (Å²) in [6, 6.07) is 8.97. The predicted octanol–water partition coefficient (Wildman–Crippen LogP) is 2.57. The van der Waals surface area contributed by atoms with Crippen LogP contribution < -0.4 is 0 Å². The monoisotopic (exact) mass is 282 g/mol. The maximum Gasteiger partial charge on any atom is 0.0451 e. The molecule has 0 radical (unpaired) electrons. The lowest BCUT2D eigenvalue weighted by Crippen LogP contribution is -2.60. The first kappa shape index (κ1) is 12.8. The summed E-state index contributed by atoms with van der Waals surface area (Å²) in [5, 5.41) is 0.898. The Kier molecular flexibility index (Phi) is 4.14. The van der Waals surface area contributed by atoms with Gasteiger partial charge in [0, 0.05) is 55.3 Å². The van der Waals surface area contributed by atoms with Crippen molar-refractivity contribution in [1.29, 1.82) is 0 Å². The summed E-state index contributed by atoms with van der Waals surface area (Å²) >= 11 is 8.28. The molecule has 4 heteroatoms. The molecule has 0 spiro atoms. The van der Waals surface area contributed by atoms with Crippen LogP contribution in [0, 0.1) is 0 Å². The van der Waals surface area contributed by atoms with E-state index >= 15 is 0 Å². The van der Waals surface area contributed by atoms with Crippen molar-refractivity contribution in [2.24, 2.45) is 0 Å². The van der Waals surface area contributed by atoms with E-state index in [0.29, 0.717) is 0 Å². The quantitative estimate of drug-likeness (QED) is 0.841. The van der Waals surface area contributed by atoms with Crippen molar-refractivity contribution in [3.05, 3.63) is 34.9 Å². The Morgan fingerprint density at radius 3 is 2.61 bits per heavy atom. The minimum Gasteiger partial charge on any atom is -0.296 e. The predicted molar refractivity (Wildman–Crippen MR) is 79.4 cm³/mol. The molecule has 0 aromatic heterocycles. The van der Waals surface area contributed by atoms with E-state index in [-0.39, 0.29) is 0 Å². The molecule has 2 aliphatic rings. The molecule has 0 unspecified atom stereocenters. The van der Waals surface area contributed by atoms with Gasteiger partial charge in [-0.25, -0.2) is 0 Å². The van der Waals surface area contributed by atoms with Crippen LogP contribution >= 0.6 is 23.4 Å². The summed E-state index contributed by atoms with van der Waals surface area (Å²) in [7, 11) is 0. The Morgan fingerprint density at radius 1 is 1.17 bits per heavy atom. The number of hydrogen-bond donors (Lipinski definition) is 0. The van der Waals surface area contributed by atoms with E-state index in [1.54, 1.807) is 0 Å². The highest BCUT2D eigenvalue weighted by Crippen LogP contribution is 2.23. The number of hydrogen-bond acceptors (Lipinski definition) is 3. The summed E-state index contributed by atoms with van der Waals surface area (Å²) in [4.78, 5) is 5.15. The minimum atomic E-state index is 0.786. The Hall–Kier alpha value is -0.220. The molecule has 0 saturated carbocycles. The molecule has 0 aliphatic carbocycles. The maximum atomic E-state index is 6.19. The van der Waals surface area contributed by atoms with Crippen molar-refractivity contribution in [3.63, 3.8) is 0 Å². The lowest BCUT2D eigenvalue weighted by molar-refractivity contribution is 0.0343. The molecule has 3 rings (SSSR count). The third-order valence-corrected chi connectivity index (χ3v) is 5.16. The molecule has 1 aromatic rings. The Balaban J connectivity index is 1.49. The molecule has 1 aromatic carbocycles. The van der Waals surface area contributed by atoms with Crippen molar-refractivity contribution in [2.45, 2.75) is 12.6 Å². The highest BCUT2D eigenvalue weighted by Gasteiger charge is 2.32.